The van der Waals surface area contributed by atoms with E-state index in [2.05, 4.69) is 16.4 Å². The molecule has 18 heavy (non-hydrogen) atoms. The average Bonchev–Trinajstić information content (AvgIpc) is 2.40. The van der Waals surface area contributed by atoms with Crippen molar-refractivity contribution in [3.8, 4) is 11.8 Å². The summed E-state index contributed by atoms with van der Waals surface area (Å²) >= 11 is 0. The highest BCUT2D eigenvalue weighted by molar-refractivity contribution is 5.47. The monoisotopic (exact) mass is 239 g/mol. The standard InChI is InChI=1S/C14H13N3O/c1-10-2-7-14(18)13(17-10)9-16-12-5-3-11(8-15)4-6-12/h2-7,16,18H,9H2,1H3. The number of anilines is 1. The lowest BCUT2D eigenvalue weighted by Crippen LogP contribution is -2.02. The molecule has 0 spiro atoms. The number of rotatable bonds is 3. The molecule has 0 saturated carbocycles. The molecule has 4 nitrogen and oxygen atoms in total. The minimum absolute atomic E-state index is 0.182. The molecule has 0 atom stereocenters. The van der Waals surface area contributed by atoms with Crippen molar-refractivity contribution in [2.24, 2.45) is 0 Å². The topological polar surface area (TPSA) is 68.9 Å². The van der Waals surface area contributed by atoms with E-state index in [1.54, 1.807) is 24.3 Å². The first kappa shape index (κ1) is 11.9. The summed E-state index contributed by atoms with van der Waals surface area (Å²) < 4.78 is 0. The molecular formula is C14H13N3O. The van der Waals surface area contributed by atoms with Crippen molar-refractivity contribution in [2.45, 2.75) is 13.5 Å². The molecule has 0 unspecified atom stereocenters. The Balaban J connectivity index is 2.07. The maximum Gasteiger partial charge on any atom is 0.138 e. The smallest absolute Gasteiger partial charge is 0.138 e. The van der Waals surface area contributed by atoms with E-state index < -0.39 is 0 Å². The minimum atomic E-state index is 0.182. The summed E-state index contributed by atoms with van der Waals surface area (Å²) in [6, 6.07) is 12.6. The molecule has 0 saturated heterocycles. The molecule has 1 aromatic carbocycles. The van der Waals surface area contributed by atoms with Crippen molar-refractivity contribution in [3.05, 3.63) is 53.3 Å². The first-order valence-electron chi connectivity index (χ1n) is 5.58. The number of aromatic hydroxyl groups is 1. The van der Waals surface area contributed by atoms with Gasteiger partial charge in [-0.25, -0.2) is 0 Å². The van der Waals surface area contributed by atoms with Gasteiger partial charge in [0.1, 0.15) is 11.4 Å². The van der Waals surface area contributed by atoms with E-state index in [0.717, 1.165) is 11.4 Å². The van der Waals surface area contributed by atoms with Crippen molar-refractivity contribution in [1.29, 1.82) is 5.26 Å². The fourth-order valence-corrected chi connectivity index (χ4v) is 1.58. The van der Waals surface area contributed by atoms with Crippen LogP contribution in [0.1, 0.15) is 17.0 Å². The van der Waals surface area contributed by atoms with E-state index in [0.29, 0.717) is 17.8 Å². The number of nitrogens with zero attached hydrogens (tertiary/aromatic N) is 2. The van der Waals surface area contributed by atoms with E-state index in [9.17, 15) is 5.11 Å². The summed E-state index contributed by atoms with van der Waals surface area (Å²) in [5, 5.41) is 21.5. The van der Waals surface area contributed by atoms with Gasteiger partial charge in [-0.05, 0) is 43.3 Å². The molecule has 90 valence electrons. The molecule has 1 aromatic heterocycles. The summed E-state index contributed by atoms with van der Waals surface area (Å²) in [5.41, 5.74) is 2.98. The van der Waals surface area contributed by atoms with E-state index in [4.69, 9.17) is 5.26 Å². The van der Waals surface area contributed by atoms with Crippen molar-refractivity contribution in [3.63, 3.8) is 0 Å². The maximum absolute atomic E-state index is 9.65. The number of aromatic nitrogens is 1. The fourth-order valence-electron chi connectivity index (χ4n) is 1.58. The predicted molar refractivity (Wildman–Crippen MR) is 69.1 cm³/mol. The van der Waals surface area contributed by atoms with Crippen LogP contribution in [0, 0.1) is 18.3 Å². The zero-order chi connectivity index (χ0) is 13.0. The first-order valence-corrected chi connectivity index (χ1v) is 5.58. The zero-order valence-corrected chi connectivity index (χ0v) is 10.0. The van der Waals surface area contributed by atoms with Gasteiger partial charge in [-0.3, -0.25) is 4.98 Å². The molecule has 1 heterocycles. The lowest BCUT2D eigenvalue weighted by Gasteiger charge is -2.08. The molecule has 4 heteroatoms. The normalized spacial score (nSPS) is 9.78. The van der Waals surface area contributed by atoms with Crippen LogP contribution in [-0.4, -0.2) is 10.1 Å². The Morgan fingerprint density at radius 2 is 1.94 bits per heavy atom. The van der Waals surface area contributed by atoms with E-state index >= 15 is 0 Å². The number of hydrogen-bond acceptors (Lipinski definition) is 4. The summed E-state index contributed by atoms with van der Waals surface area (Å²) in [6.07, 6.45) is 0. The summed E-state index contributed by atoms with van der Waals surface area (Å²) in [7, 11) is 0. The van der Waals surface area contributed by atoms with Crippen molar-refractivity contribution in [1.82, 2.24) is 4.98 Å². The second kappa shape index (κ2) is 5.19. The summed E-state index contributed by atoms with van der Waals surface area (Å²) in [6.45, 7) is 2.32. The Hall–Kier alpha value is -2.54. The van der Waals surface area contributed by atoms with Crippen molar-refractivity contribution >= 4 is 5.69 Å². The Morgan fingerprint density at radius 1 is 1.22 bits per heavy atom. The van der Waals surface area contributed by atoms with Crippen LogP contribution in [0.2, 0.25) is 0 Å². The van der Waals surface area contributed by atoms with Crippen molar-refractivity contribution in [2.75, 3.05) is 5.32 Å². The number of nitrogens with one attached hydrogen (secondary N) is 1. The molecule has 2 N–H and O–H groups in total. The highest BCUT2D eigenvalue weighted by atomic mass is 16.3. The lowest BCUT2D eigenvalue weighted by molar-refractivity contribution is 0.464. The van der Waals surface area contributed by atoms with E-state index in [-0.39, 0.29) is 5.75 Å². The van der Waals surface area contributed by atoms with Gasteiger partial charge in [-0.15, -0.1) is 0 Å². The molecule has 0 fully saturated rings. The second-order valence-electron chi connectivity index (χ2n) is 3.96. The maximum atomic E-state index is 9.65. The molecular weight excluding hydrogens is 226 g/mol. The average molecular weight is 239 g/mol. The molecule has 2 aromatic rings. The molecule has 0 amide bonds. The quantitative estimate of drug-likeness (QED) is 0.863. The minimum Gasteiger partial charge on any atom is -0.506 e. The van der Waals surface area contributed by atoms with Gasteiger partial charge in [0.15, 0.2) is 0 Å². The Kier molecular flexibility index (Phi) is 3.44. The van der Waals surface area contributed by atoms with Gasteiger partial charge in [-0.1, -0.05) is 0 Å². The Bertz CT molecular complexity index is 585. The molecule has 2 rings (SSSR count). The van der Waals surface area contributed by atoms with Crippen LogP contribution in [0.4, 0.5) is 5.69 Å². The molecule has 0 bridgehead atoms. The van der Waals surface area contributed by atoms with Gasteiger partial charge in [0, 0.05) is 11.4 Å². The van der Waals surface area contributed by atoms with Crippen molar-refractivity contribution < 1.29 is 5.11 Å². The van der Waals surface area contributed by atoms with Crippen LogP contribution in [0.5, 0.6) is 5.75 Å². The SMILES string of the molecule is Cc1ccc(O)c(CNc2ccc(C#N)cc2)n1. The molecule has 0 aliphatic carbocycles. The largest absolute Gasteiger partial charge is 0.506 e. The van der Waals surface area contributed by atoms with Crippen LogP contribution in [0.25, 0.3) is 0 Å². The molecule has 0 radical (unpaired) electrons. The van der Waals surface area contributed by atoms with Crippen LogP contribution < -0.4 is 5.32 Å². The first-order chi connectivity index (χ1) is 8.69. The number of pyridine rings is 1. The fraction of sp³-hybridized carbons (Fsp3) is 0.143. The van der Waals surface area contributed by atoms with E-state index in [1.807, 2.05) is 19.1 Å². The zero-order valence-electron chi connectivity index (χ0n) is 10.0. The van der Waals surface area contributed by atoms with Crippen LogP contribution in [0.3, 0.4) is 0 Å². The van der Waals surface area contributed by atoms with Gasteiger partial charge in [-0.2, -0.15) is 5.26 Å². The Morgan fingerprint density at radius 3 is 2.61 bits per heavy atom. The number of hydrogen-bond donors (Lipinski definition) is 2. The van der Waals surface area contributed by atoms with Gasteiger partial charge >= 0.3 is 0 Å². The van der Waals surface area contributed by atoms with E-state index in [1.165, 1.54) is 0 Å². The molecule has 0 aliphatic rings. The van der Waals surface area contributed by atoms with Crippen LogP contribution >= 0.6 is 0 Å². The number of nitriles is 1. The van der Waals surface area contributed by atoms with Gasteiger partial charge in [0.2, 0.25) is 0 Å². The highest BCUT2D eigenvalue weighted by Crippen LogP contribution is 2.17. The second-order valence-corrected chi connectivity index (χ2v) is 3.96. The molecule has 0 aliphatic heterocycles. The third kappa shape index (κ3) is 2.77. The van der Waals surface area contributed by atoms with Crippen LogP contribution in [0.15, 0.2) is 36.4 Å². The van der Waals surface area contributed by atoms with Gasteiger partial charge < -0.3 is 10.4 Å². The summed E-state index contributed by atoms with van der Waals surface area (Å²) in [4.78, 5) is 4.26. The third-order valence-corrected chi connectivity index (χ3v) is 2.56. The number of benzene rings is 1. The lowest BCUT2D eigenvalue weighted by atomic mass is 10.2. The van der Waals surface area contributed by atoms with Gasteiger partial charge in [0.05, 0.1) is 18.2 Å². The van der Waals surface area contributed by atoms with Crippen LogP contribution in [-0.2, 0) is 6.54 Å². The number of aryl methyl sites for hydroxylation is 1. The van der Waals surface area contributed by atoms with Gasteiger partial charge in [0.25, 0.3) is 0 Å². The highest BCUT2D eigenvalue weighted by Gasteiger charge is 2.03. The third-order valence-electron chi connectivity index (χ3n) is 2.56. The Labute approximate surface area is 106 Å². The predicted octanol–water partition coefficient (Wildman–Crippen LogP) is 2.58. The summed E-state index contributed by atoms with van der Waals surface area (Å²) in [5.74, 6) is 0.182.